The second-order valence-corrected chi connectivity index (χ2v) is 6.48. The van der Waals surface area contributed by atoms with E-state index in [0.717, 1.165) is 30.2 Å². The fourth-order valence-corrected chi connectivity index (χ4v) is 2.46. The number of benzene rings is 1. The molecule has 0 radical (unpaired) electrons. The molecule has 1 aliphatic rings. The first kappa shape index (κ1) is 14.2. The second-order valence-electron chi connectivity index (χ2n) is 6.48. The first-order chi connectivity index (χ1) is 8.85. The Bertz CT molecular complexity index is 440. The van der Waals surface area contributed by atoms with Crippen LogP contribution in [-0.4, -0.2) is 31.8 Å². The van der Waals surface area contributed by atoms with Crippen LogP contribution in [-0.2, 0) is 0 Å². The Kier molecular flexibility index (Phi) is 4.02. The fourth-order valence-electron chi connectivity index (χ4n) is 2.46. The van der Waals surface area contributed by atoms with Crippen LogP contribution in [0.15, 0.2) is 18.2 Å². The molecule has 19 heavy (non-hydrogen) atoms. The highest BCUT2D eigenvalue weighted by molar-refractivity contribution is 5.45. The third-order valence-corrected chi connectivity index (χ3v) is 3.08. The van der Waals surface area contributed by atoms with E-state index in [9.17, 15) is 0 Å². The predicted octanol–water partition coefficient (Wildman–Crippen LogP) is 2.39. The Morgan fingerprint density at radius 1 is 1.26 bits per heavy atom. The van der Waals surface area contributed by atoms with Gasteiger partial charge in [0, 0.05) is 19.1 Å². The van der Waals surface area contributed by atoms with Crippen molar-refractivity contribution >= 4 is 0 Å². The van der Waals surface area contributed by atoms with Crippen LogP contribution in [0.3, 0.4) is 0 Å². The molecule has 1 atom stereocenters. The Hall–Kier alpha value is -1.26. The molecule has 2 N–H and O–H groups in total. The lowest BCUT2D eigenvalue weighted by atomic mass is 9.96. The summed E-state index contributed by atoms with van der Waals surface area (Å²) in [6, 6.07) is 5.92. The highest BCUT2D eigenvalue weighted by Gasteiger charge is 2.19. The first-order valence-corrected chi connectivity index (χ1v) is 6.69. The summed E-state index contributed by atoms with van der Waals surface area (Å²) >= 11 is 0. The van der Waals surface area contributed by atoms with Crippen LogP contribution in [0, 0.1) is 5.41 Å². The van der Waals surface area contributed by atoms with Gasteiger partial charge in [0.15, 0.2) is 11.5 Å². The molecule has 0 spiro atoms. The molecule has 0 fully saturated rings. The van der Waals surface area contributed by atoms with Gasteiger partial charge in [0.1, 0.15) is 0 Å². The van der Waals surface area contributed by atoms with Crippen molar-refractivity contribution in [1.29, 1.82) is 0 Å². The van der Waals surface area contributed by atoms with Crippen LogP contribution in [0.5, 0.6) is 11.5 Å². The molecule has 4 nitrogen and oxygen atoms in total. The van der Waals surface area contributed by atoms with E-state index >= 15 is 0 Å². The summed E-state index contributed by atoms with van der Waals surface area (Å²) < 4.78 is 10.7. The van der Waals surface area contributed by atoms with E-state index in [2.05, 4.69) is 32.7 Å². The highest BCUT2D eigenvalue weighted by Crippen LogP contribution is 2.33. The van der Waals surface area contributed by atoms with Crippen molar-refractivity contribution < 1.29 is 9.47 Å². The Morgan fingerprint density at radius 3 is 2.63 bits per heavy atom. The minimum Gasteiger partial charge on any atom is -0.454 e. The number of hydrogen-bond donors (Lipinski definition) is 1. The second kappa shape index (κ2) is 5.39. The zero-order valence-corrected chi connectivity index (χ0v) is 12.3. The lowest BCUT2D eigenvalue weighted by Gasteiger charge is -2.28. The summed E-state index contributed by atoms with van der Waals surface area (Å²) in [4.78, 5) is 2.27. The molecule has 0 bridgehead atoms. The van der Waals surface area contributed by atoms with Gasteiger partial charge in [-0.1, -0.05) is 26.8 Å². The molecule has 0 saturated heterocycles. The van der Waals surface area contributed by atoms with E-state index in [1.807, 2.05) is 18.2 Å². The van der Waals surface area contributed by atoms with E-state index < -0.39 is 0 Å². The monoisotopic (exact) mass is 264 g/mol. The molecule has 106 valence electrons. The maximum atomic E-state index is 6.27. The lowest BCUT2D eigenvalue weighted by Crippen LogP contribution is -2.35. The van der Waals surface area contributed by atoms with Crippen LogP contribution in [0.2, 0.25) is 0 Å². The van der Waals surface area contributed by atoms with Gasteiger partial charge in [0.25, 0.3) is 0 Å². The molecule has 1 unspecified atom stereocenters. The van der Waals surface area contributed by atoms with Gasteiger partial charge < -0.3 is 20.1 Å². The standard InChI is InChI=1S/C15H24N2O2/c1-15(2,3)9-17(4)8-12(16)11-5-6-13-14(7-11)19-10-18-13/h5-7,12H,8-10,16H2,1-4H3. The van der Waals surface area contributed by atoms with Crippen molar-refractivity contribution in [3.63, 3.8) is 0 Å². The van der Waals surface area contributed by atoms with E-state index in [-0.39, 0.29) is 11.5 Å². The topological polar surface area (TPSA) is 47.7 Å². The van der Waals surface area contributed by atoms with Gasteiger partial charge in [-0.25, -0.2) is 0 Å². The highest BCUT2D eigenvalue weighted by atomic mass is 16.7. The van der Waals surface area contributed by atoms with Crippen LogP contribution >= 0.6 is 0 Å². The average Bonchev–Trinajstić information content (AvgIpc) is 2.72. The Labute approximate surface area is 115 Å². The molecule has 1 heterocycles. The Morgan fingerprint density at radius 2 is 1.95 bits per heavy atom. The molecule has 0 amide bonds. The normalized spacial score (nSPS) is 15.9. The van der Waals surface area contributed by atoms with Gasteiger partial charge in [-0.15, -0.1) is 0 Å². The minimum absolute atomic E-state index is 0.0122. The molecule has 0 aliphatic carbocycles. The van der Waals surface area contributed by atoms with Gasteiger partial charge in [0.2, 0.25) is 6.79 Å². The van der Waals surface area contributed by atoms with E-state index in [4.69, 9.17) is 15.2 Å². The van der Waals surface area contributed by atoms with Crippen molar-refractivity contribution in [2.75, 3.05) is 26.9 Å². The van der Waals surface area contributed by atoms with Gasteiger partial charge in [-0.05, 0) is 30.2 Å². The lowest BCUT2D eigenvalue weighted by molar-refractivity contribution is 0.174. The van der Waals surface area contributed by atoms with Gasteiger partial charge in [-0.3, -0.25) is 0 Å². The molecule has 4 heteroatoms. The van der Waals surface area contributed by atoms with Gasteiger partial charge in [-0.2, -0.15) is 0 Å². The van der Waals surface area contributed by atoms with E-state index in [1.165, 1.54) is 0 Å². The molecule has 1 aromatic carbocycles. The molecule has 2 rings (SSSR count). The van der Waals surface area contributed by atoms with Crippen LogP contribution in [0.4, 0.5) is 0 Å². The van der Waals surface area contributed by atoms with Crippen molar-refractivity contribution in [1.82, 2.24) is 4.90 Å². The quantitative estimate of drug-likeness (QED) is 0.907. The SMILES string of the molecule is CN(CC(N)c1ccc2c(c1)OCO2)CC(C)(C)C. The number of hydrogen-bond acceptors (Lipinski definition) is 4. The third-order valence-electron chi connectivity index (χ3n) is 3.08. The predicted molar refractivity (Wildman–Crippen MR) is 76.4 cm³/mol. The minimum atomic E-state index is -0.0122. The zero-order valence-electron chi connectivity index (χ0n) is 12.3. The van der Waals surface area contributed by atoms with Crippen molar-refractivity contribution in [3.8, 4) is 11.5 Å². The summed E-state index contributed by atoms with van der Waals surface area (Å²) in [5.74, 6) is 1.60. The van der Waals surface area contributed by atoms with E-state index in [1.54, 1.807) is 0 Å². The van der Waals surface area contributed by atoms with Crippen LogP contribution in [0.1, 0.15) is 32.4 Å². The van der Waals surface area contributed by atoms with Crippen molar-refractivity contribution in [2.24, 2.45) is 11.1 Å². The maximum Gasteiger partial charge on any atom is 0.231 e. The number of ether oxygens (including phenoxy) is 2. The Balaban J connectivity index is 1.98. The number of likely N-dealkylation sites (N-methyl/N-ethyl adjacent to an activating group) is 1. The number of nitrogens with zero attached hydrogens (tertiary/aromatic N) is 1. The molecule has 1 aromatic rings. The summed E-state index contributed by atoms with van der Waals surface area (Å²) in [5, 5.41) is 0. The number of nitrogens with two attached hydrogens (primary N) is 1. The molecular formula is C15H24N2O2. The summed E-state index contributed by atoms with van der Waals surface area (Å²) in [7, 11) is 2.11. The van der Waals surface area contributed by atoms with Gasteiger partial charge in [0.05, 0.1) is 0 Å². The summed E-state index contributed by atoms with van der Waals surface area (Å²) in [6.45, 7) is 8.85. The molecule has 1 aliphatic heterocycles. The zero-order chi connectivity index (χ0) is 14.0. The average molecular weight is 264 g/mol. The molecule has 0 saturated carbocycles. The third kappa shape index (κ3) is 3.85. The smallest absolute Gasteiger partial charge is 0.231 e. The molecule has 0 aromatic heterocycles. The first-order valence-electron chi connectivity index (χ1n) is 6.69. The number of fused-ring (bicyclic) bond motifs is 1. The summed E-state index contributed by atoms with van der Waals surface area (Å²) in [5.41, 5.74) is 7.64. The maximum absolute atomic E-state index is 6.27. The fraction of sp³-hybridized carbons (Fsp3) is 0.600. The van der Waals surface area contributed by atoms with Crippen molar-refractivity contribution in [2.45, 2.75) is 26.8 Å². The molecular weight excluding hydrogens is 240 g/mol. The van der Waals surface area contributed by atoms with E-state index in [0.29, 0.717) is 6.79 Å². The largest absolute Gasteiger partial charge is 0.454 e. The van der Waals surface area contributed by atoms with Gasteiger partial charge >= 0.3 is 0 Å². The summed E-state index contributed by atoms with van der Waals surface area (Å²) in [6.07, 6.45) is 0. The van der Waals surface area contributed by atoms with Crippen molar-refractivity contribution in [3.05, 3.63) is 23.8 Å². The number of rotatable bonds is 4. The van der Waals surface area contributed by atoms with Crippen LogP contribution < -0.4 is 15.2 Å². The van der Waals surface area contributed by atoms with Crippen LogP contribution in [0.25, 0.3) is 0 Å².